The standard InChI is InChI=1S/C23H29F2N3O4S/c1-15(2)26-23(30)17(4)27(13-18-9-7-6-8-16(18)3)22(29)14-28(33(5,31)32)19-10-11-20(24)21(25)12-19/h6-12,15,17H,13-14H2,1-5H3,(H,26,30). The van der Waals surface area contributed by atoms with E-state index in [0.29, 0.717) is 10.4 Å². The fraction of sp³-hybridized carbons (Fsp3) is 0.391. The average molecular weight is 482 g/mol. The molecule has 1 N–H and O–H groups in total. The van der Waals surface area contributed by atoms with E-state index in [4.69, 9.17) is 0 Å². The van der Waals surface area contributed by atoms with Gasteiger partial charge < -0.3 is 10.2 Å². The predicted molar refractivity (Wildman–Crippen MR) is 123 cm³/mol. The Bertz CT molecular complexity index is 1120. The van der Waals surface area contributed by atoms with Crippen molar-refractivity contribution in [3.05, 3.63) is 65.2 Å². The van der Waals surface area contributed by atoms with Crippen molar-refractivity contribution in [1.29, 1.82) is 0 Å². The number of sulfonamides is 1. The molecule has 7 nitrogen and oxygen atoms in total. The molecule has 2 amide bonds. The maximum Gasteiger partial charge on any atom is 0.244 e. The number of rotatable bonds is 9. The Morgan fingerprint density at radius 2 is 1.67 bits per heavy atom. The van der Waals surface area contributed by atoms with Crippen molar-refractivity contribution in [2.45, 2.75) is 46.3 Å². The second-order valence-electron chi connectivity index (χ2n) is 8.16. The van der Waals surface area contributed by atoms with Crippen molar-refractivity contribution in [3.8, 4) is 0 Å². The molecule has 10 heteroatoms. The largest absolute Gasteiger partial charge is 0.352 e. The number of benzene rings is 2. The van der Waals surface area contributed by atoms with E-state index in [0.717, 1.165) is 29.5 Å². The number of carbonyl (C=O) groups is 2. The quantitative estimate of drug-likeness (QED) is 0.597. The summed E-state index contributed by atoms with van der Waals surface area (Å²) in [4.78, 5) is 27.3. The molecule has 0 aromatic heterocycles. The van der Waals surface area contributed by atoms with Gasteiger partial charge in [0.05, 0.1) is 11.9 Å². The van der Waals surface area contributed by atoms with Crippen LogP contribution in [0.25, 0.3) is 0 Å². The van der Waals surface area contributed by atoms with E-state index in [1.165, 1.54) is 4.90 Å². The predicted octanol–water partition coefficient (Wildman–Crippen LogP) is 2.98. The van der Waals surface area contributed by atoms with Crippen molar-refractivity contribution in [2.24, 2.45) is 0 Å². The minimum Gasteiger partial charge on any atom is -0.352 e. The Labute approximate surface area is 193 Å². The third-order valence-electron chi connectivity index (χ3n) is 5.07. The molecule has 33 heavy (non-hydrogen) atoms. The SMILES string of the molecule is Cc1ccccc1CN(C(=O)CN(c1ccc(F)c(F)c1)S(C)(=O)=O)C(C)C(=O)NC(C)C. The highest BCUT2D eigenvalue weighted by atomic mass is 32.2. The van der Waals surface area contributed by atoms with Gasteiger partial charge in [-0.1, -0.05) is 24.3 Å². The van der Waals surface area contributed by atoms with Gasteiger partial charge in [0, 0.05) is 18.7 Å². The summed E-state index contributed by atoms with van der Waals surface area (Å²) in [5.41, 5.74) is 1.49. The number of hydrogen-bond acceptors (Lipinski definition) is 4. The van der Waals surface area contributed by atoms with Crippen molar-refractivity contribution in [3.63, 3.8) is 0 Å². The second kappa shape index (κ2) is 10.7. The molecule has 180 valence electrons. The van der Waals surface area contributed by atoms with Gasteiger partial charge in [0.2, 0.25) is 21.8 Å². The van der Waals surface area contributed by atoms with E-state index in [2.05, 4.69) is 5.32 Å². The third kappa shape index (κ3) is 6.98. The minimum absolute atomic E-state index is 0.0631. The van der Waals surface area contributed by atoms with E-state index in [1.54, 1.807) is 26.8 Å². The summed E-state index contributed by atoms with van der Waals surface area (Å²) in [5.74, 6) is -3.45. The van der Waals surface area contributed by atoms with Gasteiger partial charge in [-0.2, -0.15) is 0 Å². The van der Waals surface area contributed by atoms with Crippen LogP contribution in [0.2, 0.25) is 0 Å². The van der Waals surface area contributed by atoms with Crippen LogP contribution in [-0.4, -0.2) is 50.0 Å². The lowest BCUT2D eigenvalue weighted by Crippen LogP contribution is -2.52. The highest BCUT2D eigenvalue weighted by Crippen LogP contribution is 2.22. The van der Waals surface area contributed by atoms with Crippen LogP contribution in [0.15, 0.2) is 42.5 Å². The monoisotopic (exact) mass is 481 g/mol. The summed E-state index contributed by atoms with van der Waals surface area (Å²) in [7, 11) is -4.03. The van der Waals surface area contributed by atoms with E-state index in [-0.39, 0.29) is 18.3 Å². The number of halogens is 2. The van der Waals surface area contributed by atoms with Crippen molar-refractivity contribution >= 4 is 27.5 Å². The van der Waals surface area contributed by atoms with Crippen LogP contribution in [0.5, 0.6) is 0 Å². The number of nitrogens with one attached hydrogen (secondary N) is 1. The summed E-state index contributed by atoms with van der Waals surface area (Å²) in [6, 6.07) is 8.82. The fourth-order valence-electron chi connectivity index (χ4n) is 3.21. The summed E-state index contributed by atoms with van der Waals surface area (Å²) in [6.07, 6.45) is 0.863. The van der Waals surface area contributed by atoms with Crippen LogP contribution in [-0.2, 0) is 26.2 Å². The van der Waals surface area contributed by atoms with Gasteiger partial charge in [-0.3, -0.25) is 13.9 Å². The Morgan fingerprint density at radius 3 is 2.21 bits per heavy atom. The third-order valence-corrected chi connectivity index (χ3v) is 6.21. The first-order valence-electron chi connectivity index (χ1n) is 10.4. The molecule has 2 rings (SSSR count). The molecule has 0 fully saturated rings. The van der Waals surface area contributed by atoms with Crippen LogP contribution in [0.3, 0.4) is 0 Å². The van der Waals surface area contributed by atoms with Gasteiger partial charge in [-0.25, -0.2) is 17.2 Å². The fourth-order valence-corrected chi connectivity index (χ4v) is 4.05. The van der Waals surface area contributed by atoms with Crippen LogP contribution in [0.1, 0.15) is 31.9 Å². The zero-order valence-electron chi connectivity index (χ0n) is 19.3. The van der Waals surface area contributed by atoms with Crippen LogP contribution in [0, 0.1) is 18.6 Å². The zero-order chi connectivity index (χ0) is 24.9. The van der Waals surface area contributed by atoms with E-state index < -0.39 is 46.1 Å². The molecule has 0 bridgehead atoms. The molecule has 2 aromatic rings. The van der Waals surface area contributed by atoms with Crippen molar-refractivity contribution < 1.29 is 26.8 Å². The van der Waals surface area contributed by atoms with Crippen LogP contribution >= 0.6 is 0 Å². The maximum atomic E-state index is 13.8. The molecule has 0 aliphatic carbocycles. The molecule has 1 unspecified atom stereocenters. The number of amides is 2. The summed E-state index contributed by atoms with van der Waals surface area (Å²) in [5, 5.41) is 2.75. The normalized spacial score (nSPS) is 12.4. The van der Waals surface area contributed by atoms with Crippen molar-refractivity contribution in [1.82, 2.24) is 10.2 Å². The molecule has 0 spiro atoms. The van der Waals surface area contributed by atoms with E-state index in [1.807, 2.05) is 25.1 Å². The molecule has 2 aromatic carbocycles. The molecular formula is C23H29F2N3O4S. The molecule has 0 heterocycles. The second-order valence-corrected chi connectivity index (χ2v) is 10.1. The summed E-state index contributed by atoms with van der Waals surface area (Å²) >= 11 is 0. The van der Waals surface area contributed by atoms with E-state index in [9.17, 15) is 26.8 Å². The van der Waals surface area contributed by atoms with Gasteiger partial charge in [-0.15, -0.1) is 0 Å². The van der Waals surface area contributed by atoms with Gasteiger partial charge in [0.1, 0.15) is 12.6 Å². The van der Waals surface area contributed by atoms with Gasteiger partial charge >= 0.3 is 0 Å². The van der Waals surface area contributed by atoms with Crippen LogP contribution in [0.4, 0.5) is 14.5 Å². The molecule has 1 atom stereocenters. The average Bonchev–Trinajstić information content (AvgIpc) is 2.71. The number of anilines is 1. The first-order chi connectivity index (χ1) is 15.3. The molecule has 0 aliphatic heterocycles. The topological polar surface area (TPSA) is 86.8 Å². The number of aryl methyl sites for hydroxylation is 1. The van der Waals surface area contributed by atoms with Gasteiger partial charge in [0.25, 0.3) is 0 Å². The lowest BCUT2D eigenvalue weighted by Gasteiger charge is -2.32. The molecule has 0 saturated carbocycles. The first kappa shape index (κ1) is 26.2. The first-order valence-corrected chi connectivity index (χ1v) is 12.2. The smallest absolute Gasteiger partial charge is 0.244 e. The zero-order valence-corrected chi connectivity index (χ0v) is 20.1. The Hall–Kier alpha value is -3.01. The lowest BCUT2D eigenvalue weighted by atomic mass is 10.1. The van der Waals surface area contributed by atoms with Crippen LogP contribution < -0.4 is 9.62 Å². The Balaban J connectivity index is 2.43. The highest BCUT2D eigenvalue weighted by molar-refractivity contribution is 7.92. The molecule has 0 radical (unpaired) electrons. The molecule has 0 aliphatic rings. The molecular weight excluding hydrogens is 452 g/mol. The Morgan fingerprint density at radius 1 is 1.03 bits per heavy atom. The minimum atomic E-state index is -4.03. The number of carbonyl (C=O) groups excluding carboxylic acids is 2. The lowest BCUT2D eigenvalue weighted by molar-refractivity contribution is -0.139. The van der Waals surface area contributed by atoms with Gasteiger partial charge in [0.15, 0.2) is 11.6 Å². The highest BCUT2D eigenvalue weighted by Gasteiger charge is 2.30. The van der Waals surface area contributed by atoms with E-state index >= 15 is 0 Å². The van der Waals surface area contributed by atoms with Gasteiger partial charge in [-0.05, 0) is 51.0 Å². The summed E-state index contributed by atoms with van der Waals surface area (Å²) < 4.78 is 52.6. The molecule has 0 saturated heterocycles. The Kier molecular flexibility index (Phi) is 8.54. The summed E-state index contributed by atoms with van der Waals surface area (Å²) in [6.45, 7) is 6.36. The number of nitrogens with zero attached hydrogens (tertiary/aromatic N) is 2. The van der Waals surface area contributed by atoms with Crippen molar-refractivity contribution in [2.75, 3.05) is 17.1 Å². The number of hydrogen-bond donors (Lipinski definition) is 1. The maximum absolute atomic E-state index is 13.8.